The van der Waals surface area contributed by atoms with Gasteiger partial charge >= 0.3 is 0 Å². The van der Waals surface area contributed by atoms with Gasteiger partial charge in [-0.2, -0.15) is 0 Å². The van der Waals surface area contributed by atoms with Gasteiger partial charge in [-0.05, 0) is 16.5 Å². The molecule has 4 N–H and O–H groups in total. The van der Waals surface area contributed by atoms with Gasteiger partial charge in [-0.3, -0.25) is 0 Å². The number of hydrogen-bond acceptors (Lipinski definition) is 2. The standard InChI is InChI=1S/C10H12N2/c11-10(12)6-5-8-3-1-2-4-9(8)7-10/h1-5,7H,6,11-12H2. The molecule has 1 aromatic rings. The van der Waals surface area contributed by atoms with Gasteiger partial charge < -0.3 is 11.5 Å². The Labute approximate surface area is 71.2 Å². The number of fused-ring (bicyclic) bond motifs is 1. The second-order valence-corrected chi connectivity index (χ2v) is 3.29. The summed E-state index contributed by atoms with van der Waals surface area (Å²) in [6.07, 6.45) is 4.71. The lowest BCUT2D eigenvalue weighted by Gasteiger charge is -2.20. The molecule has 0 bridgehead atoms. The lowest BCUT2D eigenvalue weighted by molar-refractivity contribution is 0.605. The van der Waals surface area contributed by atoms with Gasteiger partial charge in [0.15, 0.2) is 0 Å². The molecule has 0 saturated heterocycles. The first-order valence-electron chi connectivity index (χ1n) is 4.03. The predicted molar refractivity (Wildman–Crippen MR) is 50.3 cm³/mol. The average Bonchev–Trinajstić information content (AvgIpc) is 2.02. The summed E-state index contributed by atoms with van der Waals surface area (Å²) in [5.74, 6) is 0. The maximum atomic E-state index is 5.78. The average molecular weight is 160 g/mol. The molecule has 0 fully saturated rings. The molecule has 2 heteroatoms. The van der Waals surface area contributed by atoms with Crippen LogP contribution in [0.1, 0.15) is 6.42 Å². The van der Waals surface area contributed by atoms with Crippen LogP contribution in [-0.4, -0.2) is 5.66 Å². The van der Waals surface area contributed by atoms with Crippen molar-refractivity contribution in [3.63, 3.8) is 0 Å². The van der Waals surface area contributed by atoms with E-state index in [-0.39, 0.29) is 0 Å². The second kappa shape index (κ2) is 2.44. The summed E-state index contributed by atoms with van der Waals surface area (Å²) < 4.78 is 0. The number of hydrogen-bond donors (Lipinski definition) is 2. The second-order valence-electron chi connectivity index (χ2n) is 3.29. The minimum Gasteiger partial charge on any atom is -0.310 e. The first-order chi connectivity index (χ1) is 5.67. The highest BCUT2D eigenvalue weighted by Gasteiger charge is 2.15. The van der Waals surface area contributed by atoms with E-state index < -0.39 is 5.66 Å². The van der Waals surface area contributed by atoms with Gasteiger partial charge in [0, 0.05) is 6.42 Å². The normalized spacial score (nSPS) is 18.8. The Morgan fingerprint density at radius 1 is 1.08 bits per heavy atom. The Balaban J connectivity index is 2.72. The summed E-state index contributed by atoms with van der Waals surface area (Å²) in [6.45, 7) is 0. The maximum absolute atomic E-state index is 5.78. The van der Waals surface area contributed by atoms with E-state index in [2.05, 4.69) is 12.1 Å². The molecule has 1 aromatic carbocycles. The molecule has 0 atom stereocenters. The maximum Gasteiger partial charge on any atom is 0.0873 e. The van der Waals surface area contributed by atoms with Crippen LogP contribution in [0, 0.1) is 0 Å². The van der Waals surface area contributed by atoms with Gasteiger partial charge in [0.1, 0.15) is 0 Å². The summed E-state index contributed by atoms with van der Waals surface area (Å²) in [4.78, 5) is 0. The minimum atomic E-state index is -0.658. The van der Waals surface area contributed by atoms with Crippen LogP contribution in [0.25, 0.3) is 12.2 Å². The van der Waals surface area contributed by atoms with E-state index in [4.69, 9.17) is 11.5 Å². The molecule has 12 heavy (non-hydrogen) atoms. The van der Waals surface area contributed by atoms with Gasteiger partial charge in [0.25, 0.3) is 0 Å². The number of nitrogens with two attached hydrogens (primary N) is 2. The van der Waals surface area contributed by atoms with E-state index in [0.29, 0.717) is 6.42 Å². The summed E-state index contributed by atoms with van der Waals surface area (Å²) in [7, 11) is 0. The van der Waals surface area contributed by atoms with E-state index in [0.717, 1.165) is 5.22 Å². The van der Waals surface area contributed by atoms with E-state index in [1.54, 1.807) is 0 Å². The third-order valence-corrected chi connectivity index (χ3v) is 2.10. The molecule has 2 rings (SSSR count). The molecule has 62 valence electrons. The summed E-state index contributed by atoms with van der Waals surface area (Å²) in [5, 5.41) is 2.36. The highest BCUT2D eigenvalue weighted by molar-refractivity contribution is 5.46. The van der Waals surface area contributed by atoms with Gasteiger partial charge in [-0.15, -0.1) is 0 Å². The third-order valence-electron chi connectivity index (χ3n) is 2.10. The molecule has 0 aliphatic heterocycles. The molecule has 0 saturated carbocycles. The lowest BCUT2D eigenvalue weighted by Crippen LogP contribution is -2.51. The summed E-state index contributed by atoms with van der Waals surface area (Å²) in [5.41, 5.74) is 10.9. The monoisotopic (exact) mass is 160 g/mol. The topological polar surface area (TPSA) is 52.0 Å². The Hall–Kier alpha value is -1.12. The molecule has 0 amide bonds. The Morgan fingerprint density at radius 2 is 1.75 bits per heavy atom. The minimum absolute atomic E-state index is 0.658. The molecular formula is C10H12N2. The zero-order valence-electron chi connectivity index (χ0n) is 6.83. The van der Waals surface area contributed by atoms with Gasteiger partial charge in [0.05, 0.1) is 5.66 Å². The predicted octanol–water partition coefficient (Wildman–Crippen LogP) is -0.735. The van der Waals surface area contributed by atoms with Crippen LogP contribution in [0.15, 0.2) is 24.3 Å². The molecule has 2 nitrogen and oxygen atoms in total. The van der Waals surface area contributed by atoms with Gasteiger partial charge in [0.2, 0.25) is 0 Å². The molecule has 0 aromatic heterocycles. The van der Waals surface area contributed by atoms with Crippen molar-refractivity contribution < 1.29 is 0 Å². The van der Waals surface area contributed by atoms with E-state index in [1.807, 2.05) is 24.3 Å². The van der Waals surface area contributed by atoms with Gasteiger partial charge in [-0.1, -0.05) is 30.3 Å². The number of rotatable bonds is 0. The van der Waals surface area contributed by atoms with Crippen molar-refractivity contribution in [3.8, 4) is 0 Å². The number of benzene rings is 1. The highest BCUT2D eigenvalue weighted by Crippen LogP contribution is 2.02. The molecule has 0 unspecified atom stereocenters. The SMILES string of the molecule is NC1(N)C=c2ccccc2=CC1. The van der Waals surface area contributed by atoms with Crippen LogP contribution >= 0.6 is 0 Å². The quantitative estimate of drug-likeness (QED) is 0.491. The van der Waals surface area contributed by atoms with Crippen molar-refractivity contribution in [1.29, 1.82) is 0 Å². The molecular weight excluding hydrogens is 148 g/mol. The van der Waals surface area contributed by atoms with Crippen LogP contribution in [0.5, 0.6) is 0 Å². The van der Waals surface area contributed by atoms with Crippen molar-refractivity contribution in [3.05, 3.63) is 34.7 Å². The van der Waals surface area contributed by atoms with Gasteiger partial charge in [-0.25, -0.2) is 0 Å². The zero-order valence-corrected chi connectivity index (χ0v) is 6.83. The third kappa shape index (κ3) is 1.26. The summed E-state index contributed by atoms with van der Waals surface area (Å²) >= 11 is 0. The Kier molecular flexibility index (Phi) is 1.53. The van der Waals surface area contributed by atoms with E-state index >= 15 is 0 Å². The van der Waals surface area contributed by atoms with E-state index in [1.165, 1.54) is 5.22 Å². The highest BCUT2D eigenvalue weighted by atomic mass is 14.9. The Morgan fingerprint density at radius 3 is 2.50 bits per heavy atom. The van der Waals surface area contributed by atoms with Crippen molar-refractivity contribution in [2.75, 3.05) is 0 Å². The zero-order chi connectivity index (χ0) is 8.60. The van der Waals surface area contributed by atoms with Crippen molar-refractivity contribution in [2.24, 2.45) is 11.5 Å². The lowest BCUT2D eigenvalue weighted by atomic mass is 9.99. The van der Waals surface area contributed by atoms with Crippen LogP contribution in [0.4, 0.5) is 0 Å². The van der Waals surface area contributed by atoms with Crippen molar-refractivity contribution >= 4 is 12.2 Å². The van der Waals surface area contributed by atoms with Crippen LogP contribution < -0.4 is 21.9 Å². The van der Waals surface area contributed by atoms with Crippen LogP contribution in [0.2, 0.25) is 0 Å². The molecule has 0 radical (unpaired) electrons. The molecule has 0 spiro atoms. The first kappa shape index (κ1) is 7.53. The van der Waals surface area contributed by atoms with Crippen LogP contribution in [0.3, 0.4) is 0 Å². The van der Waals surface area contributed by atoms with Crippen molar-refractivity contribution in [2.45, 2.75) is 12.1 Å². The smallest absolute Gasteiger partial charge is 0.0873 e. The Bertz CT molecular complexity index is 404. The van der Waals surface area contributed by atoms with Crippen LogP contribution in [-0.2, 0) is 0 Å². The first-order valence-corrected chi connectivity index (χ1v) is 4.03. The van der Waals surface area contributed by atoms with Crippen molar-refractivity contribution in [1.82, 2.24) is 0 Å². The fourth-order valence-electron chi connectivity index (χ4n) is 1.46. The fraction of sp³-hybridized carbons (Fsp3) is 0.200. The van der Waals surface area contributed by atoms with E-state index in [9.17, 15) is 0 Å². The largest absolute Gasteiger partial charge is 0.310 e. The molecule has 1 aliphatic rings. The fourth-order valence-corrected chi connectivity index (χ4v) is 1.46. The molecule has 1 aliphatic carbocycles. The molecule has 0 heterocycles. The summed E-state index contributed by atoms with van der Waals surface area (Å²) in [6, 6.07) is 8.11.